The number of aryl methyl sites for hydroxylation is 1. The molecular formula is C18H25BrClN3O2. The third-order valence-corrected chi connectivity index (χ3v) is 5.90. The predicted octanol–water partition coefficient (Wildman–Crippen LogP) is 3.00. The molecule has 0 saturated heterocycles. The highest BCUT2D eigenvalue weighted by Crippen LogP contribution is 2.47. The molecule has 0 aromatic heterocycles. The van der Waals surface area contributed by atoms with Crippen molar-refractivity contribution >= 4 is 45.8 Å². The highest BCUT2D eigenvalue weighted by Gasteiger charge is 2.48. The summed E-state index contributed by atoms with van der Waals surface area (Å²) in [5.74, 6) is 0.783. The van der Waals surface area contributed by atoms with Crippen molar-refractivity contribution in [3.63, 3.8) is 0 Å². The fourth-order valence-electron chi connectivity index (χ4n) is 4.08. The summed E-state index contributed by atoms with van der Waals surface area (Å²) in [6.07, 6.45) is 3.61. The first-order valence-electron chi connectivity index (χ1n) is 8.55. The number of fused-ring (bicyclic) bond motifs is 2. The van der Waals surface area contributed by atoms with Gasteiger partial charge in [0, 0.05) is 29.2 Å². The zero-order valence-electron chi connectivity index (χ0n) is 14.3. The quantitative estimate of drug-likeness (QED) is 0.671. The molecule has 7 heteroatoms. The molecule has 1 aromatic carbocycles. The van der Waals surface area contributed by atoms with Crippen molar-refractivity contribution in [3.8, 4) is 0 Å². The van der Waals surface area contributed by atoms with Gasteiger partial charge in [-0.1, -0.05) is 22.0 Å². The Balaban J connectivity index is 0.00000225. The van der Waals surface area contributed by atoms with Gasteiger partial charge in [0.05, 0.1) is 5.92 Å². The van der Waals surface area contributed by atoms with Gasteiger partial charge in [0.2, 0.25) is 11.8 Å². The van der Waals surface area contributed by atoms with E-state index in [1.54, 1.807) is 0 Å². The number of hydrogen-bond donors (Lipinski definition) is 3. The van der Waals surface area contributed by atoms with Crippen LogP contribution < -0.4 is 16.4 Å². The van der Waals surface area contributed by atoms with E-state index in [1.807, 2.05) is 25.1 Å². The number of hydrogen-bond acceptors (Lipinski definition) is 3. The average Bonchev–Trinajstić information content (AvgIpc) is 3.11. The first-order valence-corrected chi connectivity index (χ1v) is 9.34. The molecule has 2 aliphatic rings. The summed E-state index contributed by atoms with van der Waals surface area (Å²) in [5, 5.41) is 5.78. The summed E-state index contributed by atoms with van der Waals surface area (Å²) in [5.41, 5.74) is 7.98. The standard InChI is InChI=1S/C18H24BrN3O2.ClH/c1-10-2-5-13(19)9-14(10)22-15(23)6-7-21-18(24)16-11-3-4-12(8-11)17(16)20;/h2,5,9,11-12,16-17H,3-4,6-8,20H2,1H3,(H,21,24)(H,22,23);1H. The molecule has 1 aromatic rings. The molecule has 0 radical (unpaired) electrons. The molecule has 0 heterocycles. The van der Waals surface area contributed by atoms with Crippen molar-refractivity contribution in [1.82, 2.24) is 5.32 Å². The van der Waals surface area contributed by atoms with Crippen molar-refractivity contribution < 1.29 is 9.59 Å². The molecule has 0 spiro atoms. The van der Waals surface area contributed by atoms with Crippen LogP contribution in [0.3, 0.4) is 0 Å². The van der Waals surface area contributed by atoms with Gasteiger partial charge in [0.15, 0.2) is 0 Å². The Morgan fingerprint density at radius 2 is 2.00 bits per heavy atom. The van der Waals surface area contributed by atoms with E-state index in [-0.39, 0.29) is 42.6 Å². The van der Waals surface area contributed by atoms with Crippen LogP contribution in [0.1, 0.15) is 31.2 Å². The van der Waals surface area contributed by atoms with E-state index >= 15 is 0 Å². The van der Waals surface area contributed by atoms with E-state index in [1.165, 1.54) is 0 Å². The molecular weight excluding hydrogens is 406 g/mol. The molecule has 2 fully saturated rings. The second kappa shape index (κ2) is 8.52. The van der Waals surface area contributed by atoms with Crippen LogP contribution >= 0.6 is 28.3 Å². The summed E-state index contributed by atoms with van der Waals surface area (Å²) in [6, 6.07) is 5.74. The lowest BCUT2D eigenvalue weighted by molar-refractivity contribution is -0.127. The van der Waals surface area contributed by atoms with E-state index in [0.29, 0.717) is 18.4 Å². The van der Waals surface area contributed by atoms with Crippen LogP contribution in [0, 0.1) is 24.7 Å². The van der Waals surface area contributed by atoms with Crippen molar-refractivity contribution in [2.45, 2.75) is 38.6 Å². The lowest BCUT2D eigenvalue weighted by Gasteiger charge is -2.26. The molecule has 4 N–H and O–H groups in total. The lowest BCUT2D eigenvalue weighted by Crippen LogP contribution is -2.45. The number of nitrogens with one attached hydrogen (secondary N) is 2. The fourth-order valence-corrected chi connectivity index (χ4v) is 4.44. The zero-order valence-corrected chi connectivity index (χ0v) is 16.7. The fraction of sp³-hybridized carbons (Fsp3) is 0.556. The first kappa shape index (κ1) is 20.2. The van der Waals surface area contributed by atoms with Gasteiger partial charge in [0.25, 0.3) is 0 Å². The minimum absolute atomic E-state index is 0. The summed E-state index contributed by atoms with van der Waals surface area (Å²) in [4.78, 5) is 24.4. The lowest BCUT2D eigenvalue weighted by atomic mass is 9.84. The highest BCUT2D eigenvalue weighted by atomic mass is 79.9. The van der Waals surface area contributed by atoms with Gasteiger partial charge in [-0.2, -0.15) is 0 Å². The summed E-state index contributed by atoms with van der Waals surface area (Å²) in [7, 11) is 0. The van der Waals surface area contributed by atoms with Crippen LogP contribution in [-0.4, -0.2) is 24.4 Å². The topological polar surface area (TPSA) is 84.2 Å². The maximum absolute atomic E-state index is 12.4. The number of nitrogens with two attached hydrogens (primary N) is 1. The third-order valence-electron chi connectivity index (χ3n) is 5.41. The zero-order chi connectivity index (χ0) is 17.3. The van der Waals surface area contributed by atoms with Crippen LogP contribution in [0.4, 0.5) is 5.69 Å². The smallest absolute Gasteiger partial charge is 0.226 e. The second-order valence-corrected chi connectivity index (χ2v) is 7.90. The highest BCUT2D eigenvalue weighted by molar-refractivity contribution is 9.10. The van der Waals surface area contributed by atoms with Crippen molar-refractivity contribution in [3.05, 3.63) is 28.2 Å². The Morgan fingerprint density at radius 1 is 1.28 bits per heavy atom. The molecule has 4 atom stereocenters. The van der Waals surface area contributed by atoms with E-state index < -0.39 is 0 Å². The van der Waals surface area contributed by atoms with Crippen LogP contribution in [0.15, 0.2) is 22.7 Å². The Kier molecular flexibility index (Phi) is 6.88. The number of amides is 2. The summed E-state index contributed by atoms with van der Waals surface area (Å²) in [6.45, 7) is 2.29. The molecule has 5 nitrogen and oxygen atoms in total. The molecule has 25 heavy (non-hydrogen) atoms. The van der Waals surface area contributed by atoms with E-state index in [9.17, 15) is 9.59 Å². The monoisotopic (exact) mass is 429 g/mol. The van der Waals surface area contributed by atoms with Crippen molar-refractivity contribution in [1.29, 1.82) is 0 Å². The molecule has 2 aliphatic carbocycles. The Morgan fingerprint density at radius 3 is 2.68 bits per heavy atom. The molecule has 2 saturated carbocycles. The van der Waals surface area contributed by atoms with Gasteiger partial charge in [-0.15, -0.1) is 12.4 Å². The largest absolute Gasteiger partial charge is 0.355 e. The van der Waals surface area contributed by atoms with Crippen LogP contribution in [0.25, 0.3) is 0 Å². The second-order valence-electron chi connectivity index (χ2n) is 6.98. The molecule has 2 bridgehead atoms. The minimum atomic E-state index is -0.103. The van der Waals surface area contributed by atoms with Gasteiger partial charge in [0.1, 0.15) is 0 Å². The van der Waals surface area contributed by atoms with Crippen LogP contribution in [0.5, 0.6) is 0 Å². The SMILES string of the molecule is Cc1ccc(Br)cc1NC(=O)CCNC(=O)C1C2CCC(C2)C1N.Cl. The number of carbonyl (C=O) groups is 2. The molecule has 4 unspecified atom stereocenters. The number of rotatable bonds is 5. The van der Waals surface area contributed by atoms with Gasteiger partial charge >= 0.3 is 0 Å². The summed E-state index contributed by atoms with van der Waals surface area (Å²) < 4.78 is 0.918. The molecule has 138 valence electrons. The Hall–Kier alpha value is -1.11. The van der Waals surface area contributed by atoms with E-state index in [0.717, 1.165) is 35.0 Å². The number of benzene rings is 1. The molecule has 3 rings (SSSR count). The number of carbonyl (C=O) groups excluding carboxylic acids is 2. The van der Waals surface area contributed by atoms with Gasteiger partial charge in [-0.3, -0.25) is 9.59 Å². The maximum Gasteiger partial charge on any atom is 0.226 e. The third kappa shape index (κ3) is 4.54. The number of halogens is 2. The van der Waals surface area contributed by atoms with Crippen molar-refractivity contribution in [2.24, 2.45) is 23.5 Å². The normalized spacial score (nSPS) is 26.8. The van der Waals surface area contributed by atoms with Gasteiger partial charge < -0.3 is 16.4 Å². The van der Waals surface area contributed by atoms with Crippen LogP contribution in [0.2, 0.25) is 0 Å². The average molecular weight is 431 g/mol. The van der Waals surface area contributed by atoms with E-state index in [4.69, 9.17) is 5.73 Å². The van der Waals surface area contributed by atoms with Crippen molar-refractivity contribution in [2.75, 3.05) is 11.9 Å². The maximum atomic E-state index is 12.4. The molecule has 2 amide bonds. The molecule has 0 aliphatic heterocycles. The predicted molar refractivity (Wildman–Crippen MR) is 105 cm³/mol. The van der Waals surface area contributed by atoms with Gasteiger partial charge in [-0.05, 0) is 55.7 Å². The van der Waals surface area contributed by atoms with Gasteiger partial charge in [-0.25, -0.2) is 0 Å². The minimum Gasteiger partial charge on any atom is -0.355 e. The first-order chi connectivity index (χ1) is 11.5. The number of anilines is 1. The van der Waals surface area contributed by atoms with E-state index in [2.05, 4.69) is 26.6 Å². The Bertz CT molecular complexity index is 653. The summed E-state index contributed by atoms with van der Waals surface area (Å²) >= 11 is 3.40. The Labute approximate surface area is 163 Å². The van der Waals surface area contributed by atoms with Crippen LogP contribution in [-0.2, 0) is 9.59 Å².